The molecule has 0 saturated heterocycles. The van der Waals surface area contributed by atoms with Crippen molar-refractivity contribution in [3.63, 3.8) is 0 Å². The summed E-state index contributed by atoms with van der Waals surface area (Å²) in [6.07, 6.45) is 5.34. The van der Waals surface area contributed by atoms with Gasteiger partial charge in [0.15, 0.2) is 0 Å². The molecule has 1 aliphatic heterocycles. The molecule has 1 aliphatic carbocycles. The number of benzene rings is 2. The molecule has 1 amide bonds. The van der Waals surface area contributed by atoms with Crippen molar-refractivity contribution in [3.8, 4) is 11.4 Å². The monoisotopic (exact) mass is 502 g/mol. The fraction of sp³-hybridized carbons (Fsp3) is 0.143. The Morgan fingerprint density at radius 1 is 0.974 bits per heavy atom. The quantitative estimate of drug-likeness (QED) is 0.405. The van der Waals surface area contributed by atoms with Crippen molar-refractivity contribution in [1.82, 2.24) is 34.9 Å². The SMILES string of the molecule is Cc1cc2c3n1C(c1ccccc1)=CN(n1c(C)nc4cc(-c5nn[nH]n5)ccc4c1=O)C(=O)C3=CCC2. The normalized spacial score (nSPS) is 14.8. The molecule has 2 aromatic carbocycles. The first-order chi connectivity index (χ1) is 18.5. The van der Waals surface area contributed by atoms with Crippen LogP contribution < -0.4 is 10.6 Å². The molecule has 0 bridgehead atoms. The van der Waals surface area contributed by atoms with E-state index in [-0.39, 0.29) is 11.5 Å². The van der Waals surface area contributed by atoms with E-state index in [0.29, 0.717) is 33.7 Å². The lowest BCUT2D eigenvalue weighted by molar-refractivity contribution is -0.114. The zero-order chi connectivity index (χ0) is 26.0. The van der Waals surface area contributed by atoms with Crippen LogP contribution >= 0.6 is 0 Å². The van der Waals surface area contributed by atoms with Crippen molar-refractivity contribution >= 4 is 28.1 Å². The molecule has 10 heteroatoms. The fourth-order valence-corrected chi connectivity index (χ4v) is 5.44. The van der Waals surface area contributed by atoms with Crippen molar-refractivity contribution in [2.45, 2.75) is 26.7 Å². The maximum Gasteiger partial charge on any atom is 0.280 e. The highest BCUT2D eigenvalue weighted by molar-refractivity contribution is 6.26. The maximum absolute atomic E-state index is 14.1. The van der Waals surface area contributed by atoms with Crippen LogP contribution in [0.2, 0.25) is 0 Å². The lowest BCUT2D eigenvalue weighted by Gasteiger charge is -2.23. The highest BCUT2D eigenvalue weighted by Crippen LogP contribution is 2.37. The summed E-state index contributed by atoms with van der Waals surface area (Å²) in [6, 6.07) is 17.2. The molecule has 1 N–H and O–H groups in total. The smallest absolute Gasteiger partial charge is 0.280 e. The summed E-state index contributed by atoms with van der Waals surface area (Å²) in [4.78, 5) is 32.8. The number of carbonyl (C=O) groups excluding carboxylic acids is 1. The number of fused-ring (bicyclic) bond motifs is 1. The van der Waals surface area contributed by atoms with E-state index < -0.39 is 0 Å². The van der Waals surface area contributed by atoms with Crippen LogP contribution in [0.3, 0.4) is 0 Å². The summed E-state index contributed by atoms with van der Waals surface area (Å²) >= 11 is 0. The second-order valence-corrected chi connectivity index (χ2v) is 9.42. The fourth-order valence-electron chi connectivity index (χ4n) is 5.44. The Morgan fingerprint density at radius 3 is 2.61 bits per heavy atom. The zero-order valence-electron chi connectivity index (χ0n) is 20.7. The summed E-state index contributed by atoms with van der Waals surface area (Å²) in [5.74, 6) is 0.515. The van der Waals surface area contributed by atoms with Crippen LogP contribution in [0, 0.1) is 13.8 Å². The van der Waals surface area contributed by atoms with Crippen LogP contribution in [0.15, 0.2) is 71.7 Å². The Morgan fingerprint density at radius 2 is 1.82 bits per heavy atom. The largest absolute Gasteiger partial charge is 0.311 e. The van der Waals surface area contributed by atoms with Gasteiger partial charge in [-0.3, -0.25) is 9.59 Å². The number of nitrogens with zero attached hydrogens (tertiary/aromatic N) is 7. The van der Waals surface area contributed by atoms with Crippen LogP contribution in [0.25, 0.3) is 33.6 Å². The number of aromatic amines is 1. The van der Waals surface area contributed by atoms with Crippen LogP contribution in [-0.4, -0.2) is 40.8 Å². The van der Waals surface area contributed by atoms with Crippen LogP contribution in [0.5, 0.6) is 0 Å². The Hall–Kier alpha value is -5.12. The summed E-state index contributed by atoms with van der Waals surface area (Å²) < 4.78 is 3.48. The third-order valence-electron chi connectivity index (χ3n) is 7.10. The number of aryl methyl sites for hydroxylation is 3. The first kappa shape index (κ1) is 22.1. The van der Waals surface area contributed by atoms with Gasteiger partial charge in [-0.25, -0.2) is 9.99 Å². The number of aromatic nitrogens is 7. The molecule has 0 radical (unpaired) electrons. The van der Waals surface area contributed by atoms with Crippen LogP contribution in [0.4, 0.5) is 0 Å². The standard InChI is InChI=1S/C28H22N8O2/c1-16-13-19-9-6-10-22-25(19)35(16)24(18-7-4-3-5-8-18)15-34(27(22)37)36-17(2)29-23-14-20(26-30-32-33-31-26)11-12-21(23)28(36)38/h3-5,7-8,10-15H,6,9H2,1-2H3,(H,30,31,32,33). The second kappa shape index (κ2) is 8.20. The maximum atomic E-state index is 14.1. The molecule has 186 valence electrons. The molecule has 2 aliphatic rings. The molecule has 0 saturated carbocycles. The Labute approximate surface area is 216 Å². The highest BCUT2D eigenvalue weighted by Gasteiger charge is 2.34. The lowest BCUT2D eigenvalue weighted by Crippen LogP contribution is -2.44. The van der Waals surface area contributed by atoms with E-state index in [4.69, 9.17) is 4.98 Å². The summed E-state index contributed by atoms with van der Waals surface area (Å²) in [5, 5.41) is 15.8. The zero-order valence-corrected chi connectivity index (χ0v) is 20.7. The molecule has 0 fully saturated rings. The minimum Gasteiger partial charge on any atom is -0.311 e. The van der Waals surface area contributed by atoms with Gasteiger partial charge >= 0.3 is 0 Å². The van der Waals surface area contributed by atoms with Gasteiger partial charge in [-0.2, -0.15) is 9.89 Å². The third-order valence-corrected chi connectivity index (χ3v) is 7.10. The number of H-pyrrole nitrogens is 1. The van der Waals surface area contributed by atoms with E-state index in [1.54, 1.807) is 31.3 Å². The van der Waals surface area contributed by atoms with Crippen LogP contribution in [0.1, 0.15) is 34.8 Å². The summed E-state index contributed by atoms with van der Waals surface area (Å²) in [7, 11) is 0. The van der Waals surface area contributed by atoms with Crippen molar-refractivity contribution in [1.29, 1.82) is 0 Å². The number of tetrazole rings is 1. The van der Waals surface area contributed by atoms with Crippen molar-refractivity contribution < 1.29 is 4.79 Å². The lowest BCUT2D eigenvalue weighted by atomic mass is 9.96. The Balaban J connectivity index is 1.48. The molecule has 7 rings (SSSR count). The van der Waals surface area contributed by atoms with E-state index in [2.05, 4.69) is 31.3 Å². The highest BCUT2D eigenvalue weighted by atomic mass is 16.2. The molecule has 0 spiro atoms. The number of amides is 1. The van der Waals surface area contributed by atoms with Gasteiger partial charge in [0, 0.05) is 16.8 Å². The minimum absolute atomic E-state index is 0.272. The number of nitrogens with one attached hydrogen (secondary N) is 1. The summed E-state index contributed by atoms with van der Waals surface area (Å²) in [5.41, 5.74) is 6.20. The first-order valence-corrected chi connectivity index (χ1v) is 12.3. The molecule has 0 atom stereocenters. The van der Waals surface area contributed by atoms with E-state index in [0.717, 1.165) is 41.1 Å². The van der Waals surface area contributed by atoms with E-state index in [1.807, 2.05) is 43.3 Å². The number of hydrogen-bond acceptors (Lipinski definition) is 6. The van der Waals surface area contributed by atoms with Gasteiger partial charge in [-0.15, -0.1) is 10.2 Å². The third kappa shape index (κ3) is 3.20. The van der Waals surface area contributed by atoms with Crippen LogP contribution in [-0.2, 0) is 11.2 Å². The topological polar surface area (TPSA) is 115 Å². The van der Waals surface area contributed by atoms with Crippen molar-refractivity contribution in [2.75, 3.05) is 5.01 Å². The van der Waals surface area contributed by atoms with E-state index in [1.165, 1.54) is 9.69 Å². The van der Waals surface area contributed by atoms with E-state index >= 15 is 0 Å². The summed E-state index contributed by atoms with van der Waals surface area (Å²) in [6.45, 7) is 3.77. The molecular weight excluding hydrogens is 480 g/mol. The van der Waals surface area contributed by atoms with Crippen molar-refractivity contribution in [3.05, 3.63) is 106 Å². The minimum atomic E-state index is -0.343. The van der Waals surface area contributed by atoms with Gasteiger partial charge in [-0.05, 0) is 55.7 Å². The molecule has 4 heterocycles. The van der Waals surface area contributed by atoms with Gasteiger partial charge < -0.3 is 4.57 Å². The number of hydrogen-bond donors (Lipinski definition) is 1. The molecule has 10 nitrogen and oxygen atoms in total. The molecule has 38 heavy (non-hydrogen) atoms. The average Bonchev–Trinajstić information content (AvgIpc) is 3.55. The van der Waals surface area contributed by atoms with Gasteiger partial charge in [0.2, 0.25) is 5.82 Å². The Kier molecular flexibility index (Phi) is 4.77. The van der Waals surface area contributed by atoms with Gasteiger partial charge in [0.05, 0.1) is 34.1 Å². The number of allylic oxidation sites excluding steroid dienone is 1. The van der Waals surface area contributed by atoms with E-state index in [9.17, 15) is 9.59 Å². The van der Waals surface area contributed by atoms with Gasteiger partial charge in [0.25, 0.3) is 11.5 Å². The van der Waals surface area contributed by atoms with Gasteiger partial charge in [0.1, 0.15) is 5.82 Å². The van der Waals surface area contributed by atoms with Crippen molar-refractivity contribution in [2.24, 2.45) is 0 Å². The second-order valence-electron chi connectivity index (χ2n) is 9.42. The molecule has 3 aromatic heterocycles. The first-order valence-electron chi connectivity index (χ1n) is 12.3. The molecule has 0 unspecified atom stereocenters. The number of carbonyl (C=O) groups is 1. The average molecular weight is 503 g/mol. The molecular formula is C28H22N8O2. The van der Waals surface area contributed by atoms with Gasteiger partial charge in [-0.1, -0.05) is 42.5 Å². The predicted molar refractivity (Wildman–Crippen MR) is 142 cm³/mol. The Bertz CT molecular complexity index is 1880. The number of rotatable bonds is 3. The molecule has 5 aromatic rings. The predicted octanol–water partition coefficient (Wildman–Crippen LogP) is 3.35.